The van der Waals surface area contributed by atoms with Gasteiger partial charge in [-0.25, -0.2) is 3.97 Å². The normalized spacial score (nSPS) is 12.0. The summed E-state index contributed by atoms with van der Waals surface area (Å²) in [6.07, 6.45) is 0. The van der Waals surface area contributed by atoms with Crippen molar-refractivity contribution in [3.63, 3.8) is 0 Å². The molecule has 0 aliphatic carbocycles. The third-order valence-corrected chi connectivity index (χ3v) is 9.32. The number of rotatable bonds is 10. The molecule has 37 heavy (non-hydrogen) atoms. The first-order chi connectivity index (χ1) is 17.9. The smallest absolute Gasteiger partial charge is 0.299 e. The number of aryl methyl sites for hydroxylation is 1. The molecule has 0 fully saturated rings. The minimum Gasteiger partial charge on any atom is -0.496 e. The lowest BCUT2D eigenvalue weighted by Gasteiger charge is -2.37. The Morgan fingerprint density at radius 2 is 0.973 bits per heavy atom. The molecule has 1 unspecified atom stereocenters. The van der Waals surface area contributed by atoms with Crippen molar-refractivity contribution >= 4 is 18.9 Å². The molecule has 4 rings (SSSR count). The molecule has 6 nitrogen and oxygen atoms in total. The highest BCUT2D eigenvalue weighted by Crippen LogP contribution is 2.59. The van der Waals surface area contributed by atoms with Gasteiger partial charge < -0.3 is 14.2 Å². The topological polar surface area (TPSA) is 71.1 Å². The average Bonchev–Trinajstić information content (AvgIpc) is 2.94. The fraction of sp³-hybridized carbons (Fsp3) is 0.172. The summed E-state index contributed by atoms with van der Waals surface area (Å²) >= 11 is 0. The van der Waals surface area contributed by atoms with Gasteiger partial charge in [0, 0.05) is 16.7 Å². The summed E-state index contributed by atoms with van der Waals surface area (Å²) in [5.41, 5.74) is 3.09. The molecule has 4 aromatic carbocycles. The van der Waals surface area contributed by atoms with Crippen molar-refractivity contribution in [2.45, 2.75) is 17.0 Å². The quantitative estimate of drug-likeness (QED) is 0.175. The van der Waals surface area contributed by atoms with E-state index in [9.17, 15) is 8.42 Å². The van der Waals surface area contributed by atoms with Crippen molar-refractivity contribution in [2.24, 2.45) is 0 Å². The van der Waals surface area contributed by atoms with Crippen LogP contribution in [0.2, 0.25) is 0 Å². The van der Waals surface area contributed by atoms with E-state index in [-0.39, 0.29) is 4.90 Å². The molecule has 0 spiro atoms. The average molecular weight is 537 g/mol. The molecule has 0 saturated heterocycles. The molecule has 0 aliphatic rings. The number of ether oxygens (including phenoxy) is 3. The van der Waals surface area contributed by atoms with Crippen LogP contribution in [0, 0.1) is 6.92 Å². The van der Waals surface area contributed by atoms with Crippen LogP contribution in [0.3, 0.4) is 0 Å². The van der Waals surface area contributed by atoms with E-state index in [1.54, 1.807) is 45.6 Å². The number of para-hydroxylation sites is 3. The Balaban J connectivity index is 2.03. The van der Waals surface area contributed by atoms with Crippen molar-refractivity contribution < 1.29 is 26.6 Å². The summed E-state index contributed by atoms with van der Waals surface area (Å²) in [5.74, 6) is 1.72. The van der Waals surface area contributed by atoms with Crippen LogP contribution in [0.4, 0.5) is 0 Å². The summed E-state index contributed by atoms with van der Waals surface area (Å²) < 4.78 is 50.2. The van der Waals surface area contributed by atoms with Crippen molar-refractivity contribution in [3.05, 3.63) is 119 Å². The second-order valence-electron chi connectivity index (χ2n) is 8.30. The number of benzene rings is 4. The van der Waals surface area contributed by atoms with Gasteiger partial charge in [-0.15, -0.1) is 0 Å². The molecule has 0 heterocycles. The van der Waals surface area contributed by atoms with Crippen LogP contribution in [0.1, 0.15) is 22.3 Å². The van der Waals surface area contributed by atoms with E-state index >= 15 is 0 Å². The molecule has 0 N–H and O–H groups in total. The number of hydrogen-bond donors (Lipinski definition) is 0. The highest BCUT2D eigenvalue weighted by atomic mass is 32.2. The summed E-state index contributed by atoms with van der Waals surface area (Å²) in [6, 6.07) is 29.1. The Morgan fingerprint density at radius 3 is 1.35 bits per heavy atom. The van der Waals surface area contributed by atoms with Gasteiger partial charge in [0.15, 0.2) is 0 Å². The molecular weight excluding hydrogens is 507 g/mol. The van der Waals surface area contributed by atoms with E-state index in [2.05, 4.69) is 0 Å². The Morgan fingerprint density at radius 1 is 0.595 bits per heavy atom. The maximum atomic E-state index is 13.4. The molecule has 8 heteroatoms. The third kappa shape index (κ3) is 5.21. The molecule has 0 saturated carbocycles. The van der Waals surface area contributed by atoms with E-state index in [0.29, 0.717) is 33.9 Å². The lowest BCUT2D eigenvalue weighted by Crippen LogP contribution is -2.27. The van der Waals surface area contributed by atoms with Gasteiger partial charge in [-0.2, -0.15) is 8.42 Å². The van der Waals surface area contributed by atoms with Crippen LogP contribution < -0.4 is 14.2 Å². The van der Waals surface area contributed by atoms with Crippen LogP contribution in [0.25, 0.3) is 0 Å². The van der Waals surface area contributed by atoms with Crippen molar-refractivity contribution in [2.75, 3.05) is 21.3 Å². The first-order valence-corrected chi connectivity index (χ1v) is 13.9. The second kappa shape index (κ2) is 11.3. The van der Waals surface area contributed by atoms with Gasteiger partial charge in [-0.3, -0.25) is 0 Å². The molecule has 0 aromatic heterocycles. The van der Waals surface area contributed by atoms with Gasteiger partial charge >= 0.3 is 0 Å². The third-order valence-electron chi connectivity index (χ3n) is 6.15. The minimum atomic E-state index is -4.10. The zero-order valence-corrected chi connectivity index (χ0v) is 22.9. The van der Waals surface area contributed by atoms with Gasteiger partial charge in [0.25, 0.3) is 10.1 Å². The van der Waals surface area contributed by atoms with Crippen LogP contribution in [-0.4, -0.2) is 29.7 Å². The van der Waals surface area contributed by atoms with Gasteiger partial charge in [0.2, 0.25) is 0 Å². The Labute approximate surface area is 220 Å². The Kier molecular flexibility index (Phi) is 8.18. The van der Waals surface area contributed by atoms with Gasteiger partial charge in [-0.05, 0) is 37.3 Å². The predicted octanol–water partition coefficient (Wildman–Crippen LogP) is 6.31. The molecule has 1 atom stereocenters. The van der Waals surface area contributed by atoms with E-state index < -0.39 is 24.1 Å². The molecule has 192 valence electrons. The van der Waals surface area contributed by atoms with E-state index in [4.69, 9.17) is 18.2 Å². The lowest BCUT2D eigenvalue weighted by molar-refractivity contribution is 0.390. The van der Waals surface area contributed by atoms with Crippen LogP contribution in [0.5, 0.6) is 17.2 Å². The zero-order valence-electron chi connectivity index (χ0n) is 21.1. The maximum Gasteiger partial charge on any atom is 0.299 e. The summed E-state index contributed by atoms with van der Waals surface area (Å²) in [4.78, 5) is 0.0829. The fourth-order valence-corrected chi connectivity index (χ4v) is 7.08. The molecule has 0 aliphatic heterocycles. The Bertz CT molecular complexity index is 1350. The predicted molar refractivity (Wildman–Crippen MR) is 147 cm³/mol. The molecule has 0 bridgehead atoms. The maximum absolute atomic E-state index is 13.4. The number of methoxy groups -OCH3 is 3. The van der Waals surface area contributed by atoms with E-state index in [1.807, 2.05) is 79.7 Å². The minimum absolute atomic E-state index is 0.0829. The fourth-order valence-electron chi connectivity index (χ4n) is 4.33. The van der Waals surface area contributed by atoms with Gasteiger partial charge in [0.1, 0.15) is 17.2 Å². The summed E-state index contributed by atoms with van der Waals surface area (Å²) in [7, 11) is 0.0205. The summed E-state index contributed by atoms with van der Waals surface area (Å²) in [5, 5.41) is -1.16. The second-order valence-corrected chi connectivity index (χ2v) is 11.3. The van der Waals surface area contributed by atoms with Crippen molar-refractivity contribution in [1.82, 2.24) is 0 Å². The molecule has 4 aromatic rings. The molecule has 0 amide bonds. The highest BCUT2D eigenvalue weighted by Gasteiger charge is 2.45. The highest BCUT2D eigenvalue weighted by molar-refractivity contribution is 7.89. The lowest BCUT2D eigenvalue weighted by atomic mass is 9.82. The van der Waals surface area contributed by atoms with Crippen molar-refractivity contribution in [1.29, 1.82) is 0 Å². The van der Waals surface area contributed by atoms with E-state index in [1.165, 1.54) is 0 Å². The van der Waals surface area contributed by atoms with E-state index in [0.717, 1.165) is 5.56 Å². The molecule has 0 radical (unpaired) electrons. The zero-order chi connectivity index (χ0) is 26.5. The largest absolute Gasteiger partial charge is 0.496 e. The SMILES string of the molecule is COc1ccccc1C(POS(=O)(=O)c1ccc(C)cc1)(c1ccccc1OC)c1ccccc1OC. The van der Waals surface area contributed by atoms with Crippen LogP contribution >= 0.6 is 8.81 Å². The summed E-state index contributed by atoms with van der Waals surface area (Å²) in [6.45, 7) is 1.90. The van der Waals surface area contributed by atoms with Crippen LogP contribution in [-0.2, 0) is 19.2 Å². The monoisotopic (exact) mass is 536 g/mol. The van der Waals surface area contributed by atoms with Gasteiger partial charge in [0.05, 0.1) is 40.2 Å². The van der Waals surface area contributed by atoms with Gasteiger partial charge in [-0.1, -0.05) is 72.3 Å². The van der Waals surface area contributed by atoms with Crippen molar-refractivity contribution in [3.8, 4) is 17.2 Å². The first kappa shape index (κ1) is 26.7. The molecular formula is C29H29O6PS. The Hall–Kier alpha value is -3.38. The number of hydrogen-bond acceptors (Lipinski definition) is 6. The van der Waals surface area contributed by atoms with Crippen LogP contribution in [0.15, 0.2) is 102 Å². The standard InChI is InChI=1S/C29H29O6PS/c1-21-17-19-22(20-18-21)37(30,31)35-36-29(23-11-5-8-14-26(23)32-2,24-12-6-9-15-27(24)33-3)25-13-7-10-16-28(25)34-4/h5-20,36H,1-4H3. The first-order valence-electron chi connectivity index (χ1n) is 11.5.